The Balaban J connectivity index is 2.22. The standard InChI is InChI=1S/C11H18N4O3S/c1-2-12-11-13-7-10(8-14-11)19(17,18)15(5-6-16)9-3-4-9/h7-9,16H,2-6H2,1H3,(H,12,13,14). The molecule has 0 radical (unpaired) electrons. The average molecular weight is 286 g/mol. The maximum Gasteiger partial charge on any atom is 0.246 e. The van der Waals surface area contributed by atoms with Gasteiger partial charge in [-0.1, -0.05) is 0 Å². The average Bonchev–Trinajstić information content (AvgIpc) is 3.21. The third-order valence-electron chi connectivity index (χ3n) is 2.84. The van der Waals surface area contributed by atoms with Gasteiger partial charge in [0.15, 0.2) is 0 Å². The van der Waals surface area contributed by atoms with Crippen LogP contribution in [0.5, 0.6) is 0 Å². The summed E-state index contributed by atoms with van der Waals surface area (Å²) in [5, 5.41) is 11.9. The van der Waals surface area contributed by atoms with Crippen molar-refractivity contribution in [3.8, 4) is 0 Å². The van der Waals surface area contributed by atoms with Crippen LogP contribution < -0.4 is 5.32 Å². The zero-order chi connectivity index (χ0) is 13.9. The van der Waals surface area contributed by atoms with Crippen LogP contribution in [0.2, 0.25) is 0 Å². The normalized spacial score (nSPS) is 15.7. The number of sulfonamides is 1. The van der Waals surface area contributed by atoms with Crippen molar-refractivity contribution in [3.63, 3.8) is 0 Å². The summed E-state index contributed by atoms with van der Waals surface area (Å²) in [5.74, 6) is 0.404. The molecule has 1 aromatic heterocycles. The molecule has 2 rings (SSSR count). The first-order valence-electron chi connectivity index (χ1n) is 6.28. The van der Waals surface area contributed by atoms with E-state index in [2.05, 4.69) is 15.3 Å². The topological polar surface area (TPSA) is 95.4 Å². The van der Waals surface area contributed by atoms with E-state index in [1.165, 1.54) is 16.7 Å². The van der Waals surface area contributed by atoms with Crippen LogP contribution in [0.25, 0.3) is 0 Å². The Morgan fingerprint density at radius 1 is 1.42 bits per heavy atom. The predicted octanol–water partition coefficient (Wildman–Crippen LogP) is 0.0538. The van der Waals surface area contributed by atoms with Crippen LogP contribution in [-0.4, -0.2) is 53.5 Å². The summed E-state index contributed by atoms with van der Waals surface area (Å²) in [6, 6.07) is 0.00518. The van der Waals surface area contributed by atoms with Crippen LogP contribution in [0.3, 0.4) is 0 Å². The monoisotopic (exact) mass is 286 g/mol. The third-order valence-corrected chi connectivity index (χ3v) is 4.75. The van der Waals surface area contributed by atoms with E-state index in [0.29, 0.717) is 12.5 Å². The smallest absolute Gasteiger partial charge is 0.246 e. The van der Waals surface area contributed by atoms with Crippen molar-refractivity contribution in [2.24, 2.45) is 0 Å². The van der Waals surface area contributed by atoms with E-state index < -0.39 is 10.0 Å². The Morgan fingerprint density at radius 2 is 2.05 bits per heavy atom. The van der Waals surface area contributed by atoms with Crippen molar-refractivity contribution in [1.82, 2.24) is 14.3 Å². The van der Waals surface area contributed by atoms with Gasteiger partial charge in [0.05, 0.1) is 19.0 Å². The molecule has 0 unspecified atom stereocenters. The van der Waals surface area contributed by atoms with Crippen molar-refractivity contribution in [2.45, 2.75) is 30.7 Å². The second-order valence-electron chi connectivity index (χ2n) is 4.34. The number of nitrogens with one attached hydrogen (secondary N) is 1. The van der Waals surface area contributed by atoms with E-state index >= 15 is 0 Å². The molecule has 0 aromatic carbocycles. The molecule has 1 aromatic rings. The van der Waals surface area contributed by atoms with Gasteiger partial charge in [-0.25, -0.2) is 18.4 Å². The Hall–Kier alpha value is -1.25. The summed E-state index contributed by atoms with van der Waals surface area (Å²) >= 11 is 0. The molecule has 1 aliphatic rings. The molecular weight excluding hydrogens is 268 g/mol. The van der Waals surface area contributed by atoms with Gasteiger partial charge in [-0.2, -0.15) is 4.31 Å². The van der Waals surface area contributed by atoms with E-state index in [1.54, 1.807) is 0 Å². The number of rotatable bonds is 7. The third kappa shape index (κ3) is 3.20. The molecule has 0 saturated heterocycles. The highest BCUT2D eigenvalue weighted by Gasteiger charge is 2.37. The SMILES string of the molecule is CCNc1ncc(S(=O)(=O)N(CCO)C2CC2)cn1. The molecule has 0 atom stereocenters. The molecule has 0 spiro atoms. The molecule has 1 fully saturated rings. The van der Waals surface area contributed by atoms with Gasteiger partial charge in [0, 0.05) is 19.1 Å². The van der Waals surface area contributed by atoms with Crippen molar-refractivity contribution < 1.29 is 13.5 Å². The molecule has 1 saturated carbocycles. The van der Waals surface area contributed by atoms with Gasteiger partial charge in [0.25, 0.3) is 0 Å². The number of hydrogen-bond donors (Lipinski definition) is 2. The van der Waals surface area contributed by atoms with E-state index in [4.69, 9.17) is 5.11 Å². The lowest BCUT2D eigenvalue weighted by Crippen LogP contribution is -2.35. The number of hydrogen-bond acceptors (Lipinski definition) is 6. The van der Waals surface area contributed by atoms with Gasteiger partial charge < -0.3 is 10.4 Å². The molecule has 0 bridgehead atoms. The maximum absolute atomic E-state index is 12.4. The first-order valence-corrected chi connectivity index (χ1v) is 7.72. The molecule has 1 aliphatic carbocycles. The number of aliphatic hydroxyl groups is 1. The Labute approximate surface area is 112 Å². The lowest BCUT2D eigenvalue weighted by atomic mass is 10.6. The van der Waals surface area contributed by atoms with Crippen molar-refractivity contribution in [1.29, 1.82) is 0 Å². The van der Waals surface area contributed by atoms with E-state index in [1.807, 2.05) is 6.92 Å². The van der Waals surface area contributed by atoms with Crippen molar-refractivity contribution in [2.75, 3.05) is 25.0 Å². The molecule has 2 N–H and O–H groups in total. The fourth-order valence-electron chi connectivity index (χ4n) is 1.79. The molecule has 19 heavy (non-hydrogen) atoms. The van der Waals surface area contributed by atoms with Gasteiger partial charge in [0.1, 0.15) is 4.90 Å². The van der Waals surface area contributed by atoms with Gasteiger partial charge in [-0.05, 0) is 19.8 Å². The van der Waals surface area contributed by atoms with Gasteiger partial charge in [-0.15, -0.1) is 0 Å². The van der Waals surface area contributed by atoms with Gasteiger partial charge in [0.2, 0.25) is 16.0 Å². The van der Waals surface area contributed by atoms with Gasteiger partial charge >= 0.3 is 0 Å². The van der Waals surface area contributed by atoms with Crippen LogP contribution in [0.1, 0.15) is 19.8 Å². The summed E-state index contributed by atoms with van der Waals surface area (Å²) in [5.41, 5.74) is 0. The van der Waals surface area contributed by atoms with Crippen molar-refractivity contribution >= 4 is 16.0 Å². The predicted molar refractivity (Wildman–Crippen MR) is 70.2 cm³/mol. The fraction of sp³-hybridized carbons (Fsp3) is 0.636. The van der Waals surface area contributed by atoms with E-state index in [9.17, 15) is 8.42 Å². The van der Waals surface area contributed by atoms with Crippen LogP contribution >= 0.6 is 0 Å². The first kappa shape index (κ1) is 14.2. The van der Waals surface area contributed by atoms with E-state index in [0.717, 1.165) is 12.8 Å². The molecule has 1 heterocycles. The number of nitrogens with zero attached hydrogens (tertiary/aromatic N) is 3. The Kier molecular flexibility index (Phi) is 4.33. The molecule has 8 heteroatoms. The molecule has 7 nitrogen and oxygen atoms in total. The first-order chi connectivity index (χ1) is 9.09. The van der Waals surface area contributed by atoms with Crippen LogP contribution in [0.15, 0.2) is 17.3 Å². The molecule has 0 aliphatic heterocycles. The van der Waals surface area contributed by atoms with Crippen LogP contribution in [0, 0.1) is 0 Å². The van der Waals surface area contributed by atoms with Gasteiger partial charge in [-0.3, -0.25) is 0 Å². The van der Waals surface area contributed by atoms with Crippen molar-refractivity contribution in [3.05, 3.63) is 12.4 Å². The minimum absolute atomic E-state index is 0.00518. The second-order valence-corrected chi connectivity index (χ2v) is 6.23. The van der Waals surface area contributed by atoms with E-state index in [-0.39, 0.29) is 24.1 Å². The quantitative estimate of drug-likeness (QED) is 0.735. The zero-order valence-electron chi connectivity index (χ0n) is 10.8. The number of aromatic nitrogens is 2. The largest absolute Gasteiger partial charge is 0.395 e. The highest BCUT2D eigenvalue weighted by atomic mass is 32.2. The van der Waals surface area contributed by atoms with Crippen LogP contribution in [0.4, 0.5) is 5.95 Å². The fourth-order valence-corrected chi connectivity index (χ4v) is 3.36. The summed E-state index contributed by atoms with van der Waals surface area (Å²) in [4.78, 5) is 8.00. The lowest BCUT2D eigenvalue weighted by molar-refractivity contribution is 0.250. The zero-order valence-corrected chi connectivity index (χ0v) is 11.6. The summed E-state index contributed by atoms with van der Waals surface area (Å²) in [6.45, 7) is 2.50. The Bertz CT molecular complexity index is 513. The highest BCUT2D eigenvalue weighted by molar-refractivity contribution is 7.89. The number of anilines is 1. The molecule has 0 amide bonds. The van der Waals surface area contributed by atoms with Crippen LogP contribution in [-0.2, 0) is 10.0 Å². The summed E-state index contributed by atoms with van der Waals surface area (Å²) in [6.07, 6.45) is 4.28. The maximum atomic E-state index is 12.4. The Morgan fingerprint density at radius 3 is 2.53 bits per heavy atom. The summed E-state index contributed by atoms with van der Waals surface area (Å²) < 4.78 is 26.1. The highest BCUT2D eigenvalue weighted by Crippen LogP contribution is 2.31. The minimum Gasteiger partial charge on any atom is -0.395 e. The lowest BCUT2D eigenvalue weighted by Gasteiger charge is -2.20. The molecule has 106 valence electrons. The minimum atomic E-state index is -3.61. The second kappa shape index (κ2) is 5.81. The summed E-state index contributed by atoms with van der Waals surface area (Å²) in [7, 11) is -3.61. The number of aliphatic hydroxyl groups excluding tert-OH is 1. The molecular formula is C11H18N4O3S.